The summed E-state index contributed by atoms with van der Waals surface area (Å²) < 4.78 is 87.8. The number of benzene rings is 1. The second-order valence-corrected chi connectivity index (χ2v) is 15.1. The molecule has 3 aromatic rings. The Kier molecular flexibility index (Phi) is 9.89. The first-order valence-corrected chi connectivity index (χ1v) is 16.9. The van der Waals surface area contributed by atoms with Crippen LogP contribution in [0.4, 0.5) is 36.8 Å². The second kappa shape index (κ2) is 13.1. The van der Waals surface area contributed by atoms with Crippen LogP contribution in [0.5, 0.6) is 0 Å². The van der Waals surface area contributed by atoms with Crippen molar-refractivity contribution in [3.05, 3.63) is 58.4 Å². The van der Waals surface area contributed by atoms with Gasteiger partial charge in [-0.25, -0.2) is 0 Å². The fourth-order valence-corrected chi connectivity index (χ4v) is 10.4. The molecule has 0 bridgehead atoms. The van der Waals surface area contributed by atoms with E-state index in [0.29, 0.717) is 6.42 Å². The van der Waals surface area contributed by atoms with E-state index in [1.165, 1.54) is 21.8 Å². The Balaban J connectivity index is 1.93. The van der Waals surface area contributed by atoms with Crippen LogP contribution in [0.3, 0.4) is 0 Å². The molecule has 2 aromatic heterocycles. The summed E-state index contributed by atoms with van der Waals surface area (Å²) in [6.07, 6.45) is -10.3. The number of pyridine rings is 1. The van der Waals surface area contributed by atoms with Crippen LogP contribution in [0.2, 0.25) is 0 Å². The van der Waals surface area contributed by atoms with Gasteiger partial charge in [-0.2, -0.15) is 0 Å². The molecule has 1 aliphatic heterocycles. The number of hydrogen-bond donors (Lipinski definition) is 1. The van der Waals surface area contributed by atoms with E-state index < -0.39 is 61.2 Å². The van der Waals surface area contributed by atoms with Gasteiger partial charge in [-0.05, 0) is 0 Å². The molecule has 4 rings (SSSR count). The van der Waals surface area contributed by atoms with E-state index in [0.717, 1.165) is 18.2 Å². The Labute approximate surface area is 253 Å². The summed E-state index contributed by atoms with van der Waals surface area (Å²) in [5.74, 6) is 0. The summed E-state index contributed by atoms with van der Waals surface area (Å²) in [6.45, 7) is 5.43. The molecular weight excluding hydrogens is 657 g/mol. The SMILES string of the molecule is CCC1CC([As](Cc2cc(C#N)cc(C(F)(F)F)c2)c2nnn(CCN)n2)c2nc(C(F)(F)F)ccc2N1C(=O)OC(C)C. The molecule has 1 amide bonds. The molecule has 3 unspecified atom stereocenters. The molecule has 0 fully saturated rings. The molecule has 236 valence electrons. The fraction of sp³-hybridized carbons (Fsp3) is 0.481. The van der Waals surface area contributed by atoms with Crippen molar-refractivity contribution in [2.75, 3.05) is 11.4 Å². The molecule has 0 saturated heterocycles. The first-order valence-electron chi connectivity index (χ1n) is 13.6. The van der Waals surface area contributed by atoms with Gasteiger partial charge in [0.15, 0.2) is 0 Å². The maximum absolute atomic E-state index is 13.9. The summed E-state index contributed by atoms with van der Waals surface area (Å²) in [5.41, 5.74) is 3.39. The van der Waals surface area contributed by atoms with Gasteiger partial charge in [-0.3, -0.25) is 0 Å². The number of alkyl halides is 6. The van der Waals surface area contributed by atoms with Gasteiger partial charge in [-0.1, -0.05) is 0 Å². The summed E-state index contributed by atoms with van der Waals surface area (Å²) in [7, 11) is 0. The van der Waals surface area contributed by atoms with Crippen LogP contribution in [0.25, 0.3) is 0 Å². The number of halogens is 6. The number of anilines is 1. The number of nitrogens with two attached hydrogens (primary N) is 1. The molecule has 1 aliphatic rings. The van der Waals surface area contributed by atoms with E-state index in [4.69, 9.17) is 10.5 Å². The third kappa shape index (κ3) is 7.32. The Bertz CT molecular complexity index is 1540. The predicted molar refractivity (Wildman–Crippen MR) is 147 cm³/mol. The molecule has 44 heavy (non-hydrogen) atoms. The number of ether oxygens (including phenoxy) is 1. The molecule has 0 saturated carbocycles. The number of hydrogen-bond acceptors (Lipinski definition) is 8. The minimum atomic E-state index is -4.81. The van der Waals surface area contributed by atoms with Crippen LogP contribution in [0.1, 0.15) is 66.4 Å². The minimum absolute atomic E-state index is 0.0483. The average molecular weight is 686 g/mol. The van der Waals surface area contributed by atoms with Crippen molar-refractivity contribution >= 4 is 31.0 Å². The van der Waals surface area contributed by atoms with Gasteiger partial charge < -0.3 is 0 Å². The van der Waals surface area contributed by atoms with Crippen molar-refractivity contribution in [1.82, 2.24) is 25.2 Å². The zero-order valence-corrected chi connectivity index (χ0v) is 25.8. The molecule has 17 heteroatoms. The zero-order chi connectivity index (χ0) is 32.4. The van der Waals surface area contributed by atoms with Gasteiger partial charge in [0.2, 0.25) is 0 Å². The number of carbonyl (C=O) groups excluding carboxylic acids is 1. The quantitative estimate of drug-likeness (QED) is 0.274. The Morgan fingerprint density at radius 3 is 2.50 bits per heavy atom. The molecule has 3 heterocycles. The van der Waals surface area contributed by atoms with Gasteiger partial charge in [-0.15, -0.1) is 0 Å². The number of rotatable bonds is 8. The van der Waals surface area contributed by atoms with Gasteiger partial charge in [0.25, 0.3) is 0 Å². The van der Waals surface area contributed by atoms with E-state index in [1.54, 1.807) is 26.8 Å². The summed E-state index contributed by atoms with van der Waals surface area (Å²) >= 11 is -2.99. The van der Waals surface area contributed by atoms with E-state index in [1.807, 2.05) is 0 Å². The third-order valence-corrected chi connectivity index (χ3v) is 12.3. The van der Waals surface area contributed by atoms with Crippen LogP contribution >= 0.6 is 0 Å². The van der Waals surface area contributed by atoms with Gasteiger partial charge in [0.05, 0.1) is 0 Å². The first kappa shape index (κ1) is 33.2. The molecule has 2 N–H and O–H groups in total. The predicted octanol–water partition coefficient (Wildman–Crippen LogP) is 4.28. The van der Waals surface area contributed by atoms with E-state index in [-0.39, 0.29) is 51.8 Å². The number of nitriles is 1. The molecule has 0 radical (unpaired) electrons. The van der Waals surface area contributed by atoms with Crippen molar-refractivity contribution in [3.8, 4) is 6.07 Å². The van der Waals surface area contributed by atoms with Crippen LogP contribution < -0.4 is 15.2 Å². The average Bonchev–Trinajstić information content (AvgIpc) is 3.41. The van der Waals surface area contributed by atoms with E-state index in [9.17, 15) is 36.4 Å². The van der Waals surface area contributed by atoms with Crippen molar-refractivity contribution in [2.24, 2.45) is 5.73 Å². The number of fused-ring (bicyclic) bond motifs is 1. The van der Waals surface area contributed by atoms with Gasteiger partial charge in [0.1, 0.15) is 0 Å². The molecular formula is C27H29AsF6N8O2. The molecule has 1 aromatic carbocycles. The van der Waals surface area contributed by atoms with Crippen LogP contribution in [-0.4, -0.2) is 64.6 Å². The number of amides is 1. The van der Waals surface area contributed by atoms with Crippen molar-refractivity contribution in [2.45, 2.75) is 74.6 Å². The third-order valence-electron chi connectivity index (χ3n) is 6.84. The topological polar surface area (TPSA) is 136 Å². The number of nitrogens with zero attached hydrogens (tertiary/aromatic N) is 7. The van der Waals surface area contributed by atoms with E-state index >= 15 is 0 Å². The second-order valence-electron chi connectivity index (χ2n) is 10.3. The number of carbonyl (C=O) groups is 1. The summed E-state index contributed by atoms with van der Waals surface area (Å²) in [5, 5.41) is 21.9. The standard InChI is InChI=1S/C27H29AsF6N8O2/c1-4-19-12-20(23-21(42(19)25(43)44-15(2)3)5-6-22(37-23)27(32,33)34)28(24-38-40-41(39-24)8-7-35)13-16-9-17(14-36)11-18(10-16)26(29,30)31/h5-6,9-11,15,19-20H,4,7-8,12-13,35H2,1-3H3. The molecule has 0 aliphatic carbocycles. The Morgan fingerprint density at radius 2 is 1.91 bits per heavy atom. The number of aromatic nitrogens is 5. The maximum atomic E-state index is 13.9. The monoisotopic (exact) mass is 686 g/mol. The Hall–Kier alpha value is -3.70. The van der Waals surface area contributed by atoms with Gasteiger partial charge in [0, 0.05) is 0 Å². The molecule has 10 nitrogen and oxygen atoms in total. The van der Waals surface area contributed by atoms with Crippen molar-refractivity contribution in [1.29, 1.82) is 5.26 Å². The first-order chi connectivity index (χ1) is 20.7. The summed E-state index contributed by atoms with van der Waals surface area (Å²) in [4.78, 5) is 19.7. The van der Waals surface area contributed by atoms with Crippen LogP contribution in [0.15, 0.2) is 30.3 Å². The zero-order valence-electron chi connectivity index (χ0n) is 23.9. The molecule has 3 atom stereocenters. The number of tetrazole rings is 1. The molecule has 0 spiro atoms. The summed E-state index contributed by atoms with van der Waals surface area (Å²) in [6, 6.07) is 6.12. The Morgan fingerprint density at radius 1 is 1.18 bits per heavy atom. The van der Waals surface area contributed by atoms with E-state index in [2.05, 4.69) is 20.4 Å². The van der Waals surface area contributed by atoms with Crippen molar-refractivity contribution in [3.63, 3.8) is 0 Å². The van der Waals surface area contributed by atoms with Crippen LogP contribution in [-0.2, 0) is 28.8 Å². The van der Waals surface area contributed by atoms with Crippen molar-refractivity contribution < 1.29 is 35.9 Å². The normalized spacial score (nSPS) is 17.7. The van der Waals surface area contributed by atoms with Crippen LogP contribution in [0, 0.1) is 11.3 Å². The van der Waals surface area contributed by atoms with Gasteiger partial charge >= 0.3 is 254 Å². The fourth-order valence-electron chi connectivity index (χ4n) is 4.96.